The first-order chi connectivity index (χ1) is 9.88. The van der Waals surface area contributed by atoms with Crippen molar-refractivity contribution in [3.63, 3.8) is 0 Å². The standard InChI is InChI=1S/C14H15N5O/c15-11-19-14(20-12-5-2-1-3-6-12)18-8-4-7-13-16-9-10-17-13/h1-3,5-6,9-10H,4,7-8H2,(H,16,17)(H,18,19). The number of aryl methyl sites for hydroxylation is 1. The molecule has 0 aliphatic carbocycles. The lowest BCUT2D eigenvalue weighted by atomic mass is 10.3. The second-order valence-electron chi connectivity index (χ2n) is 3.98. The van der Waals surface area contributed by atoms with E-state index in [1.165, 1.54) is 0 Å². The van der Waals surface area contributed by atoms with Gasteiger partial charge in [0.15, 0.2) is 6.19 Å². The van der Waals surface area contributed by atoms with Gasteiger partial charge >= 0.3 is 6.02 Å². The number of benzene rings is 1. The highest BCUT2D eigenvalue weighted by Gasteiger charge is 2.01. The van der Waals surface area contributed by atoms with Crippen LogP contribution in [-0.4, -0.2) is 22.5 Å². The topological polar surface area (TPSA) is 86.1 Å². The molecule has 0 fully saturated rings. The molecule has 2 rings (SSSR count). The van der Waals surface area contributed by atoms with Crippen molar-refractivity contribution < 1.29 is 4.74 Å². The maximum Gasteiger partial charge on any atom is 0.303 e. The van der Waals surface area contributed by atoms with E-state index in [0.29, 0.717) is 12.3 Å². The predicted molar refractivity (Wildman–Crippen MR) is 75.0 cm³/mol. The Hall–Kier alpha value is -2.81. The first kappa shape index (κ1) is 13.6. The predicted octanol–water partition coefficient (Wildman–Crippen LogP) is 1.85. The molecule has 20 heavy (non-hydrogen) atoms. The summed E-state index contributed by atoms with van der Waals surface area (Å²) in [5.74, 6) is 1.57. The maximum absolute atomic E-state index is 8.68. The zero-order chi connectivity index (χ0) is 14.0. The van der Waals surface area contributed by atoms with E-state index in [1.807, 2.05) is 24.4 Å². The minimum absolute atomic E-state index is 0.207. The van der Waals surface area contributed by atoms with Gasteiger partial charge in [-0.15, -0.1) is 0 Å². The van der Waals surface area contributed by atoms with Crippen LogP contribution in [0.4, 0.5) is 0 Å². The lowest BCUT2D eigenvalue weighted by molar-refractivity contribution is 0.525. The van der Waals surface area contributed by atoms with Crippen molar-refractivity contribution in [2.24, 2.45) is 4.99 Å². The molecule has 1 aromatic heterocycles. The largest absolute Gasteiger partial charge is 0.425 e. The minimum Gasteiger partial charge on any atom is -0.425 e. The van der Waals surface area contributed by atoms with Gasteiger partial charge in [-0.3, -0.25) is 0 Å². The Morgan fingerprint density at radius 3 is 2.95 bits per heavy atom. The van der Waals surface area contributed by atoms with Crippen molar-refractivity contribution in [2.75, 3.05) is 6.54 Å². The van der Waals surface area contributed by atoms with Crippen molar-refractivity contribution in [3.8, 4) is 11.9 Å². The number of aromatic nitrogens is 2. The van der Waals surface area contributed by atoms with Crippen LogP contribution in [0.3, 0.4) is 0 Å². The summed E-state index contributed by atoms with van der Waals surface area (Å²) in [7, 11) is 0. The molecule has 6 heteroatoms. The lowest BCUT2D eigenvalue weighted by Crippen LogP contribution is -2.24. The van der Waals surface area contributed by atoms with Gasteiger partial charge in [0.25, 0.3) is 0 Å². The fraction of sp³-hybridized carbons (Fsp3) is 0.214. The lowest BCUT2D eigenvalue weighted by Gasteiger charge is -2.06. The van der Waals surface area contributed by atoms with Crippen molar-refractivity contribution in [1.82, 2.24) is 15.3 Å². The molecule has 0 spiro atoms. The van der Waals surface area contributed by atoms with Crippen molar-refractivity contribution in [2.45, 2.75) is 12.8 Å². The molecule has 102 valence electrons. The van der Waals surface area contributed by atoms with E-state index in [4.69, 9.17) is 10.00 Å². The van der Waals surface area contributed by atoms with Gasteiger partial charge < -0.3 is 9.72 Å². The summed E-state index contributed by atoms with van der Waals surface area (Å²) < 4.78 is 5.49. The summed E-state index contributed by atoms with van der Waals surface area (Å²) in [5, 5.41) is 11.1. The Morgan fingerprint density at radius 2 is 2.25 bits per heavy atom. The summed E-state index contributed by atoms with van der Waals surface area (Å²) in [6.45, 7) is 0.553. The van der Waals surface area contributed by atoms with Crippen LogP contribution in [0.25, 0.3) is 0 Å². The summed E-state index contributed by atoms with van der Waals surface area (Å²) in [5.41, 5.74) is 0. The van der Waals surface area contributed by atoms with E-state index in [9.17, 15) is 0 Å². The summed E-state index contributed by atoms with van der Waals surface area (Å²) in [6, 6.07) is 9.42. The zero-order valence-electron chi connectivity index (χ0n) is 10.9. The number of rotatable bonds is 5. The third-order valence-corrected chi connectivity index (χ3v) is 2.50. The number of nitriles is 1. The SMILES string of the molecule is N#CNC(=NCCCc1ncc[nH]1)Oc1ccccc1. The highest BCUT2D eigenvalue weighted by atomic mass is 16.5. The fourth-order valence-corrected chi connectivity index (χ4v) is 1.61. The number of hydrogen-bond donors (Lipinski definition) is 2. The fourth-order valence-electron chi connectivity index (χ4n) is 1.61. The molecule has 6 nitrogen and oxygen atoms in total. The number of para-hydroxylation sites is 1. The van der Waals surface area contributed by atoms with Crippen LogP contribution in [-0.2, 0) is 6.42 Å². The Kier molecular flexibility index (Phi) is 5.17. The molecule has 2 N–H and O–H groups in total. The number of aliphatic imine (C=N–C) groups is 1. The monoisotopic (exact) mass is 269 g/mol. The average molecular weight is 269 g/mol. The number of imidazole rings is 1. The number of nitrogens with zero attached hydrogens (tertiary/aromatic N) is 3. The van der Waals surface area contributed by atoms with Gasteiger partial charge in [-0.2, -0.15) is 5.26 Å². The van der Waals surface area contributed by atoms with Crippen LogP contribution >= 0.6 is 0 Å². The molecule has 0 aliphatic rings. The Bertz CT molecular complexity index is 571. The second kappa shape index (κ2) is 7.59. The number of nitrogens with one attached hydrogen (secondary N) is 2. The van der Waals surface area contributed by atoms with Gasteiger partial charge in [0.05, 0.1) is 0 Å². The Labute approximate surface area is 117 Å². The third-order valence-electron chi connectivity index (χ3n) is 2.50. The molecule has 0 bridgehead atoms. The number of hydrogen-bond acceptors (Lipinski definition) is 4. The summed E-state index contributed by atoms with van der Waals surface area (Å²) in [4.78, 5) is 11.4. The van der Waals surface area contributed by atoms with Gasteiger partial charge in [0.2, 0.25) is 0 Å². The molecule has 1 heterocycles. The van der Waals surface area contributed by atoms with Gasteiger partial charge in [-0.25, -0.2) is 15.3 Å². The number of ether oxygens (including phenoxy) is 1. The van der Waals surface area contributed by atoms with Gasteiger partial charge in [0.1, 0.15) is 11.6 Å². The van der Waals surface area contributed by atoms with E-state index in [0.717, 1.165) is 18.7 Å². The molecule has 0 radical (unpaired) electrons. The molecule has 0 aliphatic heterocycles. The van der Waals surface area contributed by atoms with E-state index in [2.05, 4.69) is 20.3 Å². The zero-order valence-corrected chi connectivity index (χ0v) is 10.9. The molecule has 0 atom stereocenters. The molecule has 2 aromatic rings. The smallest absolute Gasteiger partial charge is 0.303 e. The molecule has 0 amide bonds. The number of amidine groups is 1. The molecular weight excluding hydrogens is 254 g/mol. The molecule has 0 saturated carbocycles. The van der Waals surface area contributed by atoms with Crippen LogP contribution in [0.2, 0.25) is 0 Å². The first-order valence-electron chi connectivity index (χ1n) is 6.29. The van der Waals surface area contributed by atoms with E-state index >= 15 is 0 Å². The maximum atomic E-state index is 8.68. The average Bonchev–Trinajstić information content (AvgIpc) is 2.98. The quantitative estimate of drug-likeness (QED) is 0.285. The molecule has 1 aromatic carbocycles. The van der Waals surface area contributed by atoms with Gasteiger partial charge in [-0.1, -0.05) is 18.2 Å². The van der Waals surface area contributed by atoms with Crippen molar-refractivity contribution >= 4 is 6.02 Å². The molecular formula is C14H15N5O. The second-order valence-corrected chi connectivity index (χ2v) is 3.98. The third kappa shape index (κ3) is 4.46. The van der Waals surface area contributed by atoms with Crippen LogP contribution < -0.4 is 10.1 Å². The van der Waals surface area contributed by atoms with Crippen LogP contribution in [0.1, 0.15) is 12.2 Å². The Balaban J connectivity index is 1.84. The van der Waals surface area contributed by atoms with Crippen molar-refractivity contribution in [1.29, 1.82) is 5.26 Å². The van der Waals surface area contributed by atoms with E-state index in [-0.39, 0.29) is 6.02 Å². The van der Waals surface area contributed by atoms with Crippen molar-refractivity contribution in [3.05, 3.63) is 48.5 Å². The Morgan fingerprint density at radius 1 is 1.40 bits per heavy atom. The summed E-state index contributed by atoms with van der Waals surface area (Å²) >= 11 is 0. The highest BCUT2D eigenvalue weighted by Crippen LogP contribution is 2.08. The molecule has 0 unspecified atom stereocenters. The van der Waals surface area contributed by atoms with E-state index < -0.39 is 0 Å². The van der Waals surface area contributed by atoms with Gasteiger partial charge in [0, 0.05) is 25.4 Å². The summed E-state index contributed by atoms with van der Waals surface area (Å²) in [6.07, 6.45) is 6.96. The van der Waals surface area contributed by atoms with Gasteiger partial charge in [-0.05, 0) is 18.6 Å². The molecule has 0 saturated heterocycles. The normalized spacial score (nSPS) is 10.8. The van der Waals surface area contributed by atoms with Crippen LogP contribution in [0, 0.1) is 11.5 Å². The number of H-pyrrole nitrogens is 1. The van der Waals surface area contributed by atoms with Crippen LogP contribution in [0.15, 0.2) is 47.7 Å². The van der Waals surface area contributed by atoms with Crippen LogP contribution in [0.5, 0.6) is 5.75 Å². The van der Waals surface area contributed by atoms with E-state index in [1.54, 1.807) is 24.5 Å². The number of aromatic amines is 1. The minimum atomic E-state index is 0.207. The first-order valence-corrected chi connectivity index (χ1v) is 6.29. The highest BCUT2D eigenvalue weighted by molar-refractivity contribution is 5.77.